The molecule has 0 spiro atoms. The predicted molar refractivity (Wildman–Crippen MR) is 74.1 cm³/mol. The number of rotatable bonds is 3. The van der Waals surface area contributed by atoms with Crippen LogP contribution in [0.2, 0.25) is 0 Å². The number of halogens is 1. The fraction of sp³-hybridized carbons (Fsp3) is 0. The molecule has 1 amide bonds. The monoisotopic (exact) mass is 333 g/mol. The maximum Gasteiger partial charge on any atom is 0.322 e. The summed E-state index contributed by atoms with van der Waals surface area (Å²) in [6, 6.07) is 10.6. The SMILES string of the molecule is O=C(Nc1nnc(-c2cccc(Br)c2)o1)c1ccco1. The van der Waals surface area contributed by atoms with E-state index in [0.29, 0.717) is 5.89 Å². The van der Waals surface area contributed by atoms with E-state index in [2.05, 4.69) is 31.4 Å². The van der Waals surface area contributed by atoms with E-state index >= 15 is 0 Å². The first-order valence-corrected chi connectivity index (χ1v) is 6.46. The standard InChI is InChI=1S/C13H8BrN3O3/c14-9-4-1-3-8(7-9)12-16-17-13(20-12)15-11(18)10-5-2-6-19-10/h1-7H,(H,15,17,18). The lowest BCUT2D eigenvalue weighted by Crippen LogP contribution is -2.10. The van der Waals surface area contributed by atoms with E-state index in [1.807, 2.05) is 24.3 Å². The lowest BCUT2D eigenvalue weighted by molar-refractivity contribution is 0.0994. The van der Waals surface area contributed by atoms with Crippen molar-refractivity contribution in [3.05, 3.63) is 52.9 Å². The molecule has 0 bridgehead atoms. The number of nitrogens with one attached hydrogen (secondary N) is 1. The molecule has 3 rings (SSSR count). The molecule has 2 aromatic heterocycles. The molecule has 20 heavy (non-hydrogen) atoms. The topological polar surface area (TPSA) is 81.2 Å². The van der Waals surface area contributed by atoms with Crippen molar-refractivity contribution in [2.24, 2.45) is 0 Å². The van der Waals surface area contributed by atoms with Crippen LogP contribution in [-0.2, 0) is 0 Å². The van der Waals surface area contributed by atoms with E-state index < -0.39 is 5.91 Å². The van der Waals surface area contributed by atoms with Crippen molar-refractivity contribution in [1.29, 1.82) is 0 Å². The van der Waals surface area contributed by atoms with E-state index in [0.717, 1.165) is 10.0 Å². The molecule has 1 aromatic carbocycles. The van der Waals surface area contributed by atoms with E-state index in [1.165, 1.54) is 6.26 Å². The molecule has 3 aromatic rings. The zero-order valence-electron chi connectivity index (χ0n) is 10.0. The number of aromatic nitrogens is 2. The minimum Gasteiger partial charge on any atom is -0.459 e. The summed E-state index contributed by atoms with van der Waals surface area (Å²) in [6.07, 6.45) is 1.41. The van der Waals surface area contributed by atoms with Crippen molar-refractivity contribution in [2.75, 3.05) is 5.32 Å². The fourth-order valence-electron chi connectivity index (χ4n) is 1.58. The van der Waals surface area contributed by atoms with E-state index in [4.69, 9.17) is 8.83 Å². The quantitative estimate of drug-likeness (QED) is 0.794. The summed E-state index contributed by atoms with van der Waals surface area (Å²) in [7, 11) is 0. The Morgan fingerprint density at radius 1 is 1.20 bits per heavy atom. The van der Waals surface area contributed by atoms with Gasteiger partial charge in [-0.1, -0.05) is 27.1 Å². The molecular weight excluding hydrogens is 326 g/mol. The van der Waals surface area contributed by atoms with Gasteiger partial charge in [0.25, 0.3) is 5.91 Å². The van der Waals surface area contributed by atoms with Crippen LogP contribution in [0.3, 0.4) is 0 Å². The highest BCUT2D eigenvalue weighted by molar-refractivity contribution is 9.10. The van der Waals surface area contributed by atoms with Crippen molar-refractivity contribution < 1.29 is 13.6 Å². The zero-order chi connectivity index (χ0) is 13.9. The van der Waals surface area contributed by atoms with Gasteiger partial charge < -0.3 is 8.83 Å². The van der Waals surface area contributed by atoms with E-state index in [-0.39, 0.29) is 11.8 Å². The lowest BCUT2D eigenvalue weighted by atomic mass is 10.2. The molecule has 6 nitrogen and oxygen atoms in total. The molecule has 0 unspecified atom stereocenters. The molecule has 2 heterocycles. The summed E-state index contributed by atoms with van der Waals surface area (Å²) in [6.45, 7) is 0. The van der Waals surface area contributed by atoms with Crippen LogP contribution < -0.4 is 5.32 Å². The summed E-state index contributed by atoms with van der Waals surface area (Å²) < 4.78 is 11.2. The number of hydrogen-bond donors (Lipinski definition) is 1. The highest BCUT2D eigenvalue weighted by Crippen LogP contribution is 2.23. The summed E-state index contributed by atoms with van der Waals surface area (Å²) in [5.41, 5.74) is 0.755. The maximum atomic E-state index is 11.7. The van der Waals surface area contributed by atoms with E-state index in [1.54, 1.807) is 12.1 Å². The van der Waals surface area contributed by atoms with Gasteiger partial charge in [-0.25, -0.2) is 0 Å². The average molecular weight is 334 g/mol. The van der Waals surface area contributed by atoms with Gasteiger partial charge in [-0.3, -0.25) is 10.1 Å². The minimum atomic E-state index is -0.445. The summed E-state index contributed by atoms with van der Waals surface area (Å²) in [4.78, 5) is 11.7. The van der Waals surface area contributed by atoms with Crippen LogP contribution >= 0.6 is 15.9 Å². The number of amides is 1. The van der Waals surface area contributed by atoms with Crippen molar-refractivity contribution in [2.45, 2.75) is 0 Å². The summed E-state index contributed by atoms with van der Waals surface area (Å²) in [5, 5.41) is 10.1. The second kappa shape index (κ2) is 5.30. The van der Waals surface area contributed by atoms with Crippen LogP contribution in [0.1, 0.15) is 10.6 Å². The molecule has 1 N–H and O–H groups in total. The van der Waals surface area contributed by atoms with Crippen LogP contribution in [0, 0.1) is 0 Å². The van der Waals surface area contributed by atoms with Crippen LogP contribution in [0.4, 0.5) is 6.01 Å². The average Bonchev–Trinajstić information content (AvgIpc) is 3.10. The van der Waals surface area contributed by atoms with Gasteiger partial charge in [0, 0.05) is 10.0 Å². The van der Waals surface area contributed by atoms with Crippen LogP contribution in [-0.4, -0.2) is 16.1 Å². The van der Waals surface area contributed by atoms with Gasteiger partial charge >= 0.3 is 6.01 Å². The predicted octanol–water partition coefficient (Wildman–Crippen LogP) is 3.34. The third-order valence-electron chi connectivity index (χ3n) is 2.46. The van der Waals surface area contributed by atoms with Gasteiger partial charge in [0.2, 0.25) is 5.89 Å². The van der Waals surface area contributed by atoms with Crippen LogP contribution in [0.5, 0.6) is 0 Å². The molecule has 0 aliphatic carbocycles. The number of anilines is 1. The number of carbonyl (C=O) groups excluding carboxylic acids is 1. The van der Waals surface area contributed by atoms with Crippen molar-refractivity contribution in [3.63, 3.8) is 0 Å². The Morgan fingerprint density at radius 3 is 2.85 bits per heavy atom. The molecular formula is C13H8BrN3O3. The number of benzene rings is 1. The second-order valence-corrected chi connectivity index (χ2v) is 4.77. The van der Waals surface area contributed by atoms with E-state index in [9.17, 15) is 4.79 Å². The van der Waals surface area contributed by atoms with Crippen LogP contribution in [0.25, 0.3) is 11.5 Å². The first kappa shape index (κ1) is 12.6. The first-order valence-electron chi connectivity index (χ1n) is 5.67. The third kappa shape index (κ3) is 2.62. The zero-order valence-corrected chi connectivity index (χ0v) is 11.6. The Hall–Kier alpha value is -2.41. The highest BCUT2D eigenvalue weighted by atomic mass is 79.9. The summed E-state index contributed by atoms with van der Waals surface area (Å²) in [5.74, 6) is 0.0488. The first-order chi connectivity index (χ1) is 9.72. The van der Waals surface area contributed by atoms with Gasteiger partial charge in [0.15, 0.2) is 5.76 Å². The van der Waals surface area contributed by atoms with Crippen molar-refractivity contribution in [3.8, 4) is 11.5 Å². The smallest absolute Gasteiger partial charge is 0.322 e. The Bertz CT molecular complexity index is 737. The number of nitrogens with zero attached hydrogens (tertiary/aromatic N) is 2. The van der Waals surface area contributed by atoms with Gasteiger partial charge in [-0.05, 0) is 30.3 Å². The summed E-state index contributed by atoms with van der Waals surface area (Å²) >= 11 is 3.36. The Balaban J connectivity index is 1.79. The van der Waals surface area contributed by atoms with Gasteiger partial charge in [0.1, 0.15) is 0 Å². The van der Waals surface area contributed by atoms with Crippen LogP contribution in [0.15, 0.2) is 56.0 Å². The normalized spacial score (nSPS) is 10.4. The number of furan rings is 1. The van der Waals surface area contributed by atoms with Gasteiger partial charge in [0.05, 0.1) is 6.26 Å². The molecule has 7 heteroatoms. The minimum absolute atomic E-state index is 0.0152. The van der Waals surface area contributed by atoms with Gasteiger partial charge in [-0.2, -0.15) is 0 Å². The lowest BCUT2D eigenvalue weighted by Gasteiger charge is -1.96. The molecule has 0 radical (unpaired) electrons. The second-order valence-electron chi connectivity index (χ2n) is 3.85. The van der Waals surface area contributed by atoms with Crippen molar-refractivity contribution in [1.82, 2.24) is 10.2 Å². The molecule has 0 aliphatic heterocycles. The molecule has 0 atom stereocenters. The molecule has 0 saturated carbocycles. The fourth-order valence-corrected chi connectivity index (χ4v) is 1.98. The highest BCUT2D eigenvalue weighted by Gasteiger charge is 2.14. The largest absolute Gasteiger partial charge is 0.459 e. The Morgan fingerprint density at radius 2 is 2.10 bits per heavy atom. The maximum absolute atomic E-state index is 11.7. The third-order valence-corrected chi connectivity index (χ3v) is 2.96. The Labute approximate surface area is 121 Å². The molecule has 100 valence electrons. The molecule has 0 aliphatic rings. The van der Waals surface area contributed by atoms with Gasteiger partial charge in [-0.15, -0.1) is 5.10 Å². The molecule has 0 saturated heterocycles. The molecule has 0 fully saturated rings. The van der Waals surface area contributed by atoms with Crippen molar-refractivity contribution >= 4 is 27.9 Å². The number of hydrogen-bond acceptors (Lipinski definition) is 5. The Kier molecular flexibility index (Phi) is 3.34. The number of carbonyl (C=O) groups is 1.